The second kappa shape index (κ2) is 8.79. The van der Waals surface area contributed by atoms with Gasteiger partial charge in [0.05, 0.1) is 27.0 Å². The predicted molar refractivity (Wildman–Crippen MR) is 118 cm³/mol. The Hall–Kier alpha value is -4.00. The lowest BCUT2D eigenvalue weighted by molar-refractivity contribution is 0.0947. The highest BCUT2D eigenvalue weighted by Crippen LogP contribution is 2.31. The Labute approximate surface area is 180 Å². The zero-order valence-corrected chi connectivity index (χ0v) is 17.6. The topological polar surface area (TPSA) is 74.1 Å². The Balaban J connectivity index is 1.69. The molecule has 158 valence electrons. The molecule has 2 aromatic carbocycles. The van der Waals surface area contributed by atoms with Crippen LogP contribution in [0.2, 0.25) is 0 Å². The molecule has 7 nitrogen and oxygen atoms in total. The van der Waals surface area contributed by atoms with Gasteiger partial charge in [-0.15, -0.1) is 0 Å². The first-order valence-electron chi connectivity index (χ1n) is 9.76. The fourth-order valence-corrected chi connectivity index (χ4v) is 3.53. The van der Waals surface area contributed by atoms with E-state index in [9.17, 15) is 4.79 Å². The minimum atomic E-state index is -0.278. The summed E-state index contributed by atoms with van der Waals surface area (Å²) < 4.78 is 18.0. The molecule has 0 radical (unpaired) electrons. The number of fused-ring (bicyclic) bond motifs is 1. The summed E-state index contributed by atoms with van der Waals surface area (Å²) >= 11 is 0. The number of hydrogen-bond donors (Lipinski definition) is 1. The first kappa shape index (κ1) is 20.3. The number of pyridine rings is 1. The Bertz CT molecular complexity index is 1220. The van der Waals surface area contributed by atoms with Crippen LogP contribution in [0.3, 0.4) is 0 Å². The number of ether oxygens (including phenoxy) is 3. The maximum Gasteiger partial charge on any atom is 0.272 e. The molecule has 0 saturated carbocycles. The Kier molecular flexibility index (Phi) is 5.75. The summed E-state index contributed by atoms with van der Waals surface area (Å²) in [7, 11) is 4.78. The molecule has 0 aliphatic carbocycles. The zero-order valence-electron chi connectivity index (χ0n) is 17.6. The number of hydrogen-bond acceptors (Lipinski definition) is 5. The van der Waals surface area contributed by atoms with Crippen LogP contribution in [0.1, 0.15) is 16.1 Å². The summed E-state index contributed by atoms with van der Waals surface area (Å²) in [5.41, 5.74) is 3.43. The Morgan fingerprint density at radius 1 is 0.935 bits per heavy atom. The van der Waals surface area contributed by atoms with E-state index in [2.05, 4.69) is 10.3 Å². The van der Waals surface area contributed by atoms with E-state index >= 15 is 0 Å². The molecule has 31 heavy (non-hydrogen) atoms. The largest absolute Gasteiger partial charge is 0.497 e. The minimum absolute atomic E-state index is 0.273. The highest BCUT2D eigenvalue weighted by Gasteiger charge is 2.21. The van der Waals surface area contributed by atoms with Crippen LogP contribution in [-0.2, 0) is 6.54 Å². The first-order valence-corrected chi connectivity index (χ1v) is 9.76. The highest BCUT2D eigenvalue weighted by atomic mass is 16.5. The van der Waals surface area contributed by atoms with Crippen molar-refractivity contribution in [3.05, 3.63) is 78.1 Å². The molecule has 0 spiro atoms. The van der Waals surface area contributed by atoms with Gasteiger partial charge in [-0.05, 0) is 42.5 Å². The van der Waals surface area contributed by atoms with Gasteiger partial charge < -0.3 is 19.5 Å². The van der Waals surface area contributed by atoms with E-state index in [0.29, 0.717) is 28.5 Å². The van der Waals surface area contributed by atoms with Gasteiger partial charge in [-0.3, -0.25) is 9.20 Å². The fraction of sp³-hybridized carbons (Fsp3) is 0.167. The molecule has 0 fully saturated rings. The van der Waals surface area contributed by atoms with Crippen molar-refractivity contribution >= 4 is 11.6 Å². The van der Waals surface area contributed by atoms with E-state index in [4.69, 9.17) is 14.2 Å². The van der Waals surface area contributed by atoms with Crippen molar-refractivity contribution in [3.8, 4) is 28.5 Å². The van der Waals surface area contributed by atoms with Gasteiger partial charge in [-0.2, -0.15) is 0 Å². The van der Waals surface area contributed by atoms with E-state index in [-0.39, 0.29) is 12.5 Å². The number of imidazole rings is 1. The monoisotopic (exact) mass is 417 g/mol. The van der Waals surface area contributed by atoms with Crippen LogP contribution in [-0.4, -0.2) is 36.6 Å². The van der Waals surface area contributed by atoms with Crippen molar-refractivity contribution in [2.75, 3.05) is 21.3 Å². The van der Waals surface area contributed by atoms with E-state index in [1.165, 1.54) is 0 Å². The quantitative estimate of drug-likeness (QED) is 0.493. The number of carbonyl (C=O) groups excluding carboxylic acids is 1. The molecule has 0 bridgehead atoms. The van der Waals surface area contributed by atoms with Gasteiger partial charge in [0.25, 0.3) is 5.91 Å². The number of amides is 1. The summed E-state index contributed by atoms with van der Waals surface area (Å²) in [5, 5.41) is 2.96. The molecule has 1 N–H and O–H groups in total. The molecule has 7 heteroatoms. The third-order valence-corrected chi connectivity index (χ3v) is 5.03. The maximum absolute atomic E-state index is 13.2. The Morgan fingerprint density at radius 3 is 2.45 bits per heavy atom. The van der Waals surface area contributed by atoms with Crippen LogP contribution in [0.4, 0.5) is 0 Å². The highest BCUT2D eigenvalue weighted by molar-refractivity contribution is 5.99. The molecule has 2 heterocycles. The van der Waals surface area contributed by atoms with Gasteiger partial charge >= 0.3 is 0 Å². The maximum atomic E-state index is 13.2. The zero-order chi connectivity index (χ0) is 21.8. The normalized spacial score (nSPS) is 10.7. The second-order valence-corrected chi connectivity index (χ2v) is 6.80. The van der Waals surface area contributed by atoms with E-state index < -0.39 is 0 Å². The van der Waals surface area contributed by atoms with Crippen LogP contribution in [0.5, 0.6) is 17.2 Å². The van der Waals surface area contributed by atoms with Gasteiger partial charge in [-0.25, -0.2) is 4.98 Å². The molecule has 1 amide bonds. The van der Waals surface area contributed by atoms with Gasteiger partial charge in [0.1, 0.15) is 11.4 Å². The molecule has 0 unspecified atom stereocenters. The van der Waals surface area contributed by atoms with Gasteiger partial charge in [0, 0.05) is 23.9 Å². The van der Waals surface area contributed by atoms with Crippen LogP contribution in [0, 0.1) is 0 Å². The number of aromatic nitrogens is 2. The third kappa shape index (κ3) is 3.90. The van der Waals surface area contributed by atoms with Crippen LogP contribution < -0.4 is 19.5 Å². The lowest BCUT2D eigenvalue weighted by atomic mass is 10.1. The van der Waals surface area contributed by atoms with Gasteiger partial charge in [0.2, 0.25) is 0 Å². The molecule has 2 aromatic heterocycles. The summed E-state index contributed by atoms with van der Waals surface area (Å²) in [6.07, 6.45) is 1.89. The van der Waals surface area contributed by atoms with E-state index in [1.54, 1.807) is 21.3 Å². The summed E-state index contributed by atoms with van der Waals surface area (Å²) in [5.74, 6) is 1.67. The van der Waals surface area contributed by atoms with Crippen LogP contribution >= 0.6 is 0 Å². The minimum Gasteiger partial charge on any atom is -0.497 e. The fourth-order valence-electron chi connectivity index (χ4n) is 3.53. The third-order valence-electron chi connectivity index (χ3n) is 5.03. The molecule has 0 aliphatic heterocycles. The van der Waals surface area contributed by atoms with Crippen molar-refractivity contribution in [2.45, 2.75) is 6.54 Å². The number of nitrogens with zero attached hydrogens (tertiary/aromatic N) is 2. The molecule has 4 rings (SSSR count). The van der Waals surface area contributed by atoms with E-state index in [1.807, 2.05) is 71.3 Å². The summed E-state index contributed by atoms with van der Waals surface area (Å²) in [6.45, 7) is 0.273. The van der Waals surface area contributed by atoms with Crippen LogP contribution in [0.15, 0.2) is 66.9 Å². The SMILES string of the molecule is COc1ccc(-c2c(C(=O)NCc3cccc(OC)c3OC)nc3ccccn23)cc1. The molecule has 4 aromatic rings. The van der Waals surface area contributed by atoms with Gasteiger partial charge in [0.15, 0.2) is 17.2 Å². The van der Waals surface area contributed by atoms with Crippen LogP contribution in [0.25, 0.3) is 16.9 Å². The second-order valence-electron chi connectivity index (χ2n) is 6.80. The number of nitrogens with one attached hydrogen (secondary N) is 1. The van der Waals surface area contributed by atoms with Gasteiger partial charge in [-0.1, -0.05) is 18.2 Å². The molecule has 0 aliphatic rings. The number of carbonyl (C=O) groups is 1. The number of rotatable bonds is 7. The number of methoxy groups -OCH3 is 3. The Morgan fingerprint density at radius 2 is 1.74 bits per heavy atom. The standard InChI is InChI=1S/C24H23N3O4/c1-29-18-12-10-16(11-13-18)22-21(26-20-9-4-5-14-27(20)22)24(28)25-15-17-7-6-8-19(30-2)23(17)31-3/h4-14H,15H2,1-3H3,(H,25,28). The molecular weight excluding hydrogens is 394 g/mol. The average Bonchev–Trinajstić information content (AvgIpc) is 3.22. The average molecular weight is 417 g/mol. The lowest BCUT2D eigenvalue weighted by Gasteiger charge is -2.13. The number of para-hydroxylation sites is 1. The van der Waals surface area contributed by atoms with E-state index in [0.717, 1.165) is 16.9 Å². The smallest absolute Gasteiger partial charge is 0.272 e. The number of benzene rings is 2. The summed E-state index contributed by atoms with van der Waals surface area (Å²) in [6, 6.07) is 18.8. The lowest BCUT2D eigenvalue weighted by Crippen LogP contribution is -2.24. The van der Waals surface area contributed by atoms with Crippen molar-refractivity contribution in [2.24, 2.45) is 0 Å². The molecule has 0 atom stereocenters. The summed E-state index contributed by atoms with van der Waals surface area (Å²) in [4.78, 5) is 17.8. The molecular formula is C24H23N3O4. The van der Waals surface area contributed by atoms with Crippen molar-refractivity contribution in [3.63, 3.8) is 0 Å². The molecule has 0 saturated heterocycles. The predicted octanol–water partition coefficient (Wildman–Crippen LogP) is 3.96. The van der Waals surface area contributed by atoms with Crippen molar-refractivity contribution < 1.29 is 19.0 Å². The van der Waals surface area contributed by atoms with Crippen molar-refractivity contribution in [1.82, 2.24) is 14.7 Å². The first-order chi connectivity index (χ1) is 15.2. The van der Waals surface area contributed by atoms with Crippen molar-refractivity contribution in [1.29, 1.82) is 0 Å².